The fourth-order valence-corrected chi connectivity index (χ4v) is 4.49. The molecule has 2 saturated heterocycles. The first kappa shape index (κ1) is 12.7. The Hall–Kier alpha value is 0.270. The third-order valence-corrected chi connectivity index (χ3v) is 4.96. The molecule has 94 valence electrons. The van der Waals surface area contributed by atoms with E-state index in [4.69, 9.17) is 0 Å². The van der Waals surface area contributed by atoms with Gasteiger partial charge in [0.05, 0.1) is 0 Å². The molecule has 0 spiro atoms. The summed E-state index contributed by atoms with van der Waals surface area (Å²) >= 11 is 2.15. The first-order valence-corrected chi connectivity index (χ1v) is 7.69. The third-order valence-electron chi connectivity index (χ3n) is 3.73. The van der Waals surface area contributed by atoms with Gasteiger partial charge in [0, 0.05) is 36.2 Å². The van der Waals surface area contributed by atoms with E-state index >= 15 is 0 Å². The average molecular weight is 242 g/mol. The number of hydrogen-bond acceptors (Lipinski definition) is 3. The lowest BCUT2D eigenvalue weighted by atomic mass is 9.94. The molecule has 2 rings (SSSR count). The van der Waals surface area contributed by atoms with Crippen molar-refractivity contribution < 1.29 is 0 Å². The van der Waals surface area contributed by atoms with E-state index in [9.17, 15) is 0 Å². The molecule has 2 aliphatic rings. The minimum atomic E-state index is 0.742. The minimum Gasteiger partial charge on any atom is -0.313 e. The first-order valence-electron chi connectivity index (χ1n) is 6.74. The van der Waals surface area contributed by atoms with Crippen LogP contribution < -0.4 is 5.32 Å². The molecular weight excluding hydrogens is 216 g/mol. The fraction of sp³-hybridized carbons (Fsp3) is 1.00. The molecule has 2 aliphatic heterocycles. The summed E-state index contributed by atoms with van der Waals surface area (Å²) in [6, 6.07) is 0.742. The van der Waals surface area contributed by atoms with Gasteiger partial charge in [-0.3, -0.25) is 4.90 Å². The van der Waals surface area contributed by atoms with Crippen molar-refractivity contribution in [3.8, 4) is 0 Å². The number of thioether (sulfide) groups is 1. The molecule has 2 nitrogen and oxygen atoms in total. The first-order chi connectivity index (χ1) is 7.63. The Morgan fingerprint density at radius 1 is 1.19 bits per heavy atom. The molecule has 0 aromatic carbocycles. The monoisotopic (exact) mass is 242 g/mol. The Bertz CT molecular complexity index is 212. The van der Waals surface area contributed by atoms with Crippen LogP contribution in [0.4, 0.5) is 0 Å². The predicted octanol–water partition coefficient (Wildman–Crippen LogP) is 2.20. The van der Waals surface area contributed by atoms with Gasteiger partial charge in [0.2, 0.25) is 0 Å². The number of nitrogens with one attached hydrogen (secondary N) is 1. The van der Waals surface area contributed by atoms with Gasteiger partial charge in [0.15, 0.2) is 0 Å². The smallest absolute Gasteiger partial charge is 0.0197 e. The maximum absolute atomic E-state index is 3.68. The van der Waals surface area contributed by atoms with Crippen LogP contribution in [-0.2, 0) is 0 Å². The van der Waals surface area contributed by atoms with Crippen molar-refractivity contribution in [3.05, 3.63) is 0 Å². The van der Waals surface area contributed by atoms with E-state index in [1.54, 1.807) is 0 Å². The summed E-state index contributed by atoms with van der Waals surface area (Å²) in [5.41, 5.74) is 0. The number of hydrogen-bond donors (Lipinski definition) is 1. The second kappa shape index (κ2) is 5.74. The molecule has 2 heterocycles. The van der Waals surface area contributed by atoms with Crippen LogP contribution in [-0.4, -0.2) is 47.6 Å². The average Bonchev–Trinajstić information content (AvgIpc) is 2.15. The summed E-state index contributed by atoms with van der Waals surface area (Å²) < 4.78 is 0. The molecule has 16 heavy (non-hydrogen) atoms. The van der Waals surface area contributed by atoms with E-state index in [0.717, 1.165) is 22.5 Å². The Morgan fingerprint density at radius 3 is 2.50 bits per heavy atom. The van der Waals surface area contributed by atoms with Crippen LogP contribution in [0, 0.1) is 5.92 Å². The molecule has 4 unspecified atom stereocenters. The lowest BCUT2D eigenvalue weighted by Gasteiger charge is -2.38. The summed E-state index contributed by atoms with van der Waals surface area (Å²) in [7, 11) is 0. The Balaban J connectivity index is 1.79. The van der Waals surface area contributed by atoms with Crippen LogP contribution in [0.15, 0.2) is 0 Å². The van der Waals surface area contributed by atoms with E-state index < -0.39 is 0 Å². The molecule has 0 saturated carbocycles. The summed E-state index contributed by atoms with van der Waals surface area (Å²) in [5.74, 6) is 0.917. The maximum atomic E-state index is 3.68. The number of nitrogens with zero attached hydrogens (tertiary/aromatic N) is 1. The van der Waals surface area contributed by atoms with E-state index in [1.165, 1.54) is 39.0 Å². The van der Waals surface area contributed by atoms with Crippen molar-refractivity contribution in [2.75, 3.05) is 26.2 Å². The summed E-state index contributed by atoms with van der Waals surface area (Å²) in [6.07, 6.45) is 2.73. The van der Waals surface area contributed by atoms with Crippen molar-refractivity contribution in [2.24, 2.45) is 5.92 Å². The Labute approximate surface area is 105 Å². The van der Waals surface area contributed by atoms with E-state index in [2.05, 4.69) is 42.7 Å². The van der Waals surface area contributed by atoms with Gasteiger partial charge in [-0.2, -0.15) is 11.8 Å². The molecule has 0 aromatic rings. The highest BCUT2D eigenvalue weighted by molar-refractivity contribution is 8.00. The van der Waals surface area contributed by atoms with Crippen LogP contribution in [0.25, 0.3) is 0 Å². The van der Waals surface area contributed by atoms with Gasteiger partial charge in [-0.25, -0.2) is 0 Å². The highest BCUT2D eigenvalue weighted by atomic mass is 32.2. The summed E-state index contributed by atoms with van der Waals surface area (Å²) in [6.45, 7) is 12.2. The van der Waals surface area contributed by atoms with Crippen molar-refractivity contribution >= 4 is 11.8 Å². The van der Waals surface area contributed by atoms with Crippen LogP contribution in [0.3, 0.4) is 0 Å². The highest BCUT2D eigenvalue weighted by Gasteiger charge is 2.26. The number of piperidine rings is 1. The molecule has 0 amide bonds. The standard InChI is InChI=1S/C13H26N2S/c1-10-4-5-14-13(6-10)9-15-7-11(2)16-12(3)8-15/h10-14H,4-9H2,1-3H3. The molecule has 0 aliphatic carbocycles. The topological polar surface area (TPSA) is 15.3 Å². The Morgan fingerprint density at radius 2 is 1.88 bits per heavy atom. The summed E-state index contributed by atoms with van der Waals surface area (Å²) in [4.78, 5) is 2.67. The van der Waals surface area contributed by atoms with E-state index in [0.29, 0.717) is 0 Å². The molecule has 4 atom stereocenters. The quantitative estimate of drug-likeness (QED) is 0.799. The predicted molar refractivity (Wildman–Crippen MR) is 73.1 cm³/mol. The van der Waals surface area contributed by atoms with Gasteiger partial charge in [0.25, 0.3) is 0 Å². The van der Waals surface area contributed by atoms with Crippen LogP contribution in [0.2, 0.25) is 0 Å². The van der Waals surface area contributed by atoms with Gasteiger partial charge >= 0.3 is 0 Å². The second-order valence-electron chi connectivity index (χ2n) is 5.76. The molecule has 2 fully saturated rings. The lowest BCUT2D eigenvalue weighted by Crippen LogP contribution is -2.49. The van der Waals surface area contributed by atoms with E-state index in [-0.39, 0.29) is 0 Å². The molecule has 0 bridgehead atoms. The van der Waals surface area contributed by atoms with Gasteiger partial charge in [-0.15, -0.1) is 0 Å². The zero-order valence-corrected chi connectivity index (χ0v) is 11.7. The zero-order valence-electron chi connectivity index (χ0n) is 10.9. The second-order valence-corrected chi connectivity index (χ2v) is 7.64. The van der Waals surface area contributed by atoms with Gasteiger partial charge in [-0.05, 0) is 25.3 Å². The SMILES string of the molecule is CC1CCNC(CN2CC(C)SC(C)C2)C1. The van der Waals surface area contributed by atoms with E-state index in [1.807, 2.05) is 0 Å². The molecule has 0 aromatic heterocycles. The third kappa shape index (κ3) is 3.64. The molecule has 0 radical (unpaired) electrons. The lowest BCUT2D eigenvalue weighted by molar-refractivity contribution is 0.204. The fourth-order valence-electron chi connectivity index (χ4n) is 3.10. The molecule has 1 N–H and O–H groups in total. The van der Waals surface area contributed by atoms with Crippen LogP contribution >= 0.6 is 11.8 Å². The van der Waals surface area contributed by atoms with Crippen molar-refractivity contribution in [1.29, 1.82) is 0 Å². The van der Waals surface area contributed by atoms with Crippen LogP contribution in [0.5, 0.6) is 0 Å². The molecule has 3 heteroatoms. The highest BCUT2D eigenvalue weighted by Crippen LogP contribution is 2.25. The van der Waals surface area contributed by atoms with Crippen LogP contribution in [0.1, 0.15) is 33.6 Å². The maximum Gasteiger partial charge on any atom is 0.0197 e. The van der Waals surface area contributed by atoms with Gasteiger partial charge < -0.3 is 5.32 Å². The minimum absolute atomic E-state index is 0.742. The molecular formula is C13H26N2S. The number of rotatable bonds is 2. The van der Waals surface area contributed by atoms with Crippen molar-refractivity contribution in [1.82, 2.24) is 10.2 Å². The van der Waals surface area contributed by atoms with Crippen molar-refractivity contribution in [2.45, 2.75) is 50.2 Å². The van der Waals surface area contributed by atoms with Gasteiger partial charge in [0.1, 0.15) is 0 Å². The van der Waals surface area contributed by atoms with Gasteiger partial charge in [-0.1, -0.05) is 20.8 Å². The Kier molecular flexibility index (Phi) is 4.57. The largest absolute Gasteiger partial charge is 0.313 e. The normalized spacial score (nSPS) is 42.2. The summed E-state index contributed by atoms with van der Waals surface area (Å²) in [5, 5.41) is 5.30. The zero-order chi connectivity index (χ0) is 11.5. The van der Waals surface area contributed by atoms with Crippen molar-refractivity contribution in [3.63, 3.8) is 0 Å².